The normalized spacial score (nSPS) is 10.8. The molecule has 22 heavy (non-hydrogen) atoms. The minimum absolute atomic E-state index is 0.0850. The summed E-state index contributed by atoms with van der Waals surface area (Å²) in [5.41, 5.74) is -0.110. The molecular weight excluding hydrogens is 354 g/mol. The molecule has 7 heteroatoms. The molecule has 6 nitrogen and oxygen atoms in total. The summed E-state index contributed by atoms with van der Waals surface area (Å²) < 4.78 is 5.84. The summed E-state index contributed by atoms with van der Waals surface area (Å²) in [6, 6.07) is 10.0. The average Bonchev–Trinajstić information content (AvgIpc) is 2.50. The van der Waals surface area contributed by atoms with Crippen molar-refractivity contribution in [3.63, 3.8) is 0 Å². The van der Waals surface area contributed by atoms with Gasteiger partial charge in [0.1, 0.15) is 17.1 Å². The molecule has 0 atom stereocenters. The van der Waals surface area contributed by atoms with Gasteiger partial charge < -0.3 is 9.52 Å². The number of phenolic OH excluding ortho intramolecular Hbond substituents is 1. The summed E-state index contributed by atoms with van der Waals surface area (Å²) in [7, 11) is 0. The van der Waals surface area contributed by atoms with Gasteiger partial charge in [0, 0.05) is 12.1 Å². The van der Waals surface area contributed by atoms with Crippen molar-refractivity contribution >= 4 is 32.6 Å². The van der Waals surface area contributed by atoms with Gasteiger partial charge in [0.2, 0.25) is 0 Å². The smallest absolute Gasteiger partial charge is 0.280 e. The van der Waals surface area contributed by atoms with E-state index in [2.05, 4.69) is 15.9 Å². The van der Waals surface area contributed by atoms with Crippen molar-refractivity contribution in [2.24, 2.45) is 0 Å². The van der Waals surface area contributed by atoms with Gasteiger partial charge >= 0.3 is 0 Å². The fourth-order valence-corrected chi connectivity index (χ4v) is 2.70. The highest BCUT2D eigenvalue weighted by Crippen LogP contribution is 2.34. The van der Waals surface area contributed by atoms with Crippen LogP contribution in [0.25, 0.3) is 22.3 Å². The van der Waals surface area contributed by atoms with Crippen molar-refractivity contribution < 1.29 is 14.4 Å². The van der Waals surface area contributed by atoms with Crippen LogP contribution in [0.15, 0.2) is 56.1 Å². The van der Waals surface area contributed by atoms with Gasteiger partial charge in [-0.1, -0.05) is 12.1 Å². The first-order chi connectivity index (χ1) is 10.5. The summed E-state index contributed by atoms with van der Waals surface area (Å²) in [6.45, 7) is 0. The number of aromatic hydroxyl groups is 1. The standard InChI is InChI=1S/C15H8BrNO5/c16-15-10(18)5-6-12-14(15)11(19)7-13(22-12)8-3-1-2-4-9(8)17(20)21/h1-7,18H. The third kappa shape index (κ3) is 2.25. The zero-order valence-electron chi connectivity index (χ0n) is 10.9. The Morgan fingerprint density at radius 3 is 2.64 bits per heavy atom. The van der Waals surface area contributed by atoms with Crippen molar-refractivity contribution in [2.75, 3.05) is 0 Å². The maximum absolute atomic E-state index is 12.3. The summed E-state index contributed by atoms with van der Waals surface area (Å²) in [6.07, 6.45) is 0. The van der Waals surface area contributed by atoms with Gasteiger partial charge in [-0.05, 0) is 34.1 Å². The van der Waals surface area contributed by atoms with E-state index >= 15 is 0 Å². The number of halogens is 1. The zero-order valence-corrected chi connectivity index (χ0v) is 12.5. The molecule has 0 bridgehead atoms. The average molecular weight is 362 g/mol. The molecule has 3 rings (SSSR count). The van der Waals surface area contributed by atoms with Crippen LogP contribution in [0, 0.1) is 10.1 Å². The molecule has 0 saturated carbocycles. The van der Waals surface area contributed by atoms with Gasteiger partial charge in [0.15, 0.2) is 5.43 Å². The molecule has 0 aliphatic heterocycles. The predicted octanol–water partition coefficient (Wildman–Crippen LogP) is 3.84. The second kappa shape index (κ2) is 5.27. The Hall–Kier alpha value is -2.67. The molecule has 0 radical (unpaired) electrons. The number of benzene rings is 2. The van der Waals surface area contributed by atoms with Gasteiger partial charge in [0.05, 0.1) is 20.3 Å². The molecule has 0 aliphatic rings. The van der Waals surface area contributed by atoms with Gasteiger partial charge in [0.25, 0.3) is 5.69 Å². The van der Waals surface area contributed by atoms with E-state index in [0.717, 1.165) is 0 Å². The monoisotopic (exact) mass is 361 g/mol. The molecule has 0 amide bonds. The molecule has 0 unspecified atom stereocenters. The summed E-state index contributed by atoms with van der Waals surface area (Å²) in [4.78, 5) is 22.8. The van der Waals surface area contributed by atoms with Gasteiger partial charge in [-0.25, -0.2) is 0 Å². The molecule has 0 saturated heterocycles. The fourth-order valence-electron chi connectivity index (χ4n) is 2.18. The minimum atomic E-state index is -0.535. The van der Waals surface area contributed by atoms with E-state index in [9.17, 15) is 20.0 Å². The fraction of sp³-hybridized carbons (Fsp3) is 0. The molecule has 1 heterocycles. The lowest BCUT2D eigenvalue weighted by Crippen LogP contribution is -2.02. The maximum atomic E-state index is 12.3. The first-order valence-corrected chi connectivity index (χ1v) is 6.97. The number of nitro benzene ring substituents is 1. The first-order valence-electron chi connectivity index (χ1n) is 6.18. The Balaban J connectivity index is 2.33. The molecule has 1 aromatic heterocycles. The van der Waals surface area contributed by atoms with Crippen molar-refractivity contribution in [2.45, 2.75) is 0 Å². The lowest BCUT2D eigenvalue weighted by molar-refractivity contribution is -0.384. The molecule has 110 valence electrons. The summed E-state index contributed by atoms with van der Waals surface area (Å²) >= 11 is 3.13. The lowest BCUT2D eigenvalue weighted by atomic mass is 10.1. The summed E-state index contributed by atoms with van der Waals surface area (Å²) in [5.74, 6) is 0.0145. The molecule has 0 spiro atoms. The molecular formula is C15H8BrNO5. The minimum Gasteiger partial charge on any atom is -0.507 e. The Morgan fingerprint density at radius 2 is 1.91 bits per heavy atom. The topological polar surface area (TPSA) is 93.6 Å². The highest BCUT2D eigenvalue weighted by molar-refractivity contribution is 9.10. The van der Waals surface area contributed by atoms with Crippen LogP contribution < -0.4 is 5.43 Å². The number of nitro groups is 1. The molecule has 0 fully saturated rings. The number of hydrogen-bond donors (Lipinski definition) is 1. The molecule has 0 aliphatic carbocycles. The van der Waals surface area contributed by atoms with Crippen molar-refractivity contribution in [1.29, 1.82) is 0 Å². The first kappa shape index (κ1) is 14.3. The van der Waals surface area contributed by atoms with E-state index in [4.69, 9.17) is 4.42 Å². The maximum Gasteiger partial charge on any atom is 0.280 e. The molecule has 1 N–H and O–H groups in total. The highest BCUT2D eigenvalue weighted by atomic mass is 79.9. The highest BCUT2D eigenvalue weighted by Gasteiger charge is 2.18. The number of para-hydroxylation sites is 1. The van der Waals surface area contributed by atoms with Crippen molar-refractivity contribution in [3.05, 3.63) is 67.3 Å². The number of phenols is 1. The molecule has 3 aromatic rings. The van der Waals surface area contributed by atoms with Crippen molar-refractivity contribution in [1.82, 2.24) is 0 Å². The Labute approximate surface area is 131 Å². The van der Waals surface area contributed by atoms with E-state index in [0.29, 0.717) is 0 Å². The third-order valence-corrected chi connectivity index (χ3v) is 3.98. The number of fused-ring (bicyclic) bond motifs is 1. The van der Waals surface area contributed by atoms with Crippen LogP contribution in [0.2, 0.25) is 0 Å². The van der Waals surface area contributed by atoms with Crippen LogP contribution in [0.5, 0.6) is 5.75 Å². The van der Waals surface area contributed by atoms with Crippen LogP contribution in [0.3, 0.4) is 0 Å². The largest absolute Gasteiger partial charge is 0.507 e. The third-order valence-electron chi connectivity index (χ3n) is 3.18. The predicted molar refractivity (Wildman–Crippen MR) is 83.9 cm³/mol. The van der Waals surface area contributed by atoms with Crippen LogP contribution in [0.4, 0.5) is 5.69 Å². The SMILES string of the molecule is O=c1cc(-c2ccccc2[N+](=O)[O-])oc2ccc(O)c(Br)c12. The Morgan fingerprint density at radius 1 is 1.18 bits per heavy atom. The Bertz CT molecular complexity index is 964. The van der Waals surface area contributed by atoms with E-state index in [1.54, 1.807) is 6.07 Å². The van der Waals surface area contributed by atoms with Gasteiger partial charge in [-0.15, -0.1) is 0 Å². The van der Waals surface area contributed by atoms with Crippen LogP contribution in [-0.2, 0) is 0 Å². The van der Waals surface area contributed by atoms with Crippen LogP contribution in [0.1, 0.15) is 0 Å². The zero-order chi connectivity index (χ0) is 15.9. The van der Waals surface area contributed by atoms with Gasteiger partial charge in [-0.3, -0.25) is 14.9 Å². The lowest BCUT2D eigenvalue weighted by Gasteiger charge is -2.06. The van der Waals surface area contributed by atoms with Crippen LogP contribution in [-0.4, -0.2) is 10.0 Å². The molecule has 2 aromatic carbocycles. The second-order valence-electron chi connectivity index (χ2n) is 4.52. The number of nitrogens with zero attached hydrogens (tertiary/aromatic N) is 1. The van der Waals surface area contributed by atoms with Crippen LogP contribution >= 0.6 is 15.9 Å². The second-order valence-corrected chi connectivity index (χ2v) is 5.31. The Kier molecular flexibility index (Phi) is 3.42. The number of rotatable bonds is 2. The van der Waals surface area contributed by atoms with E-state index in [-0.39, 0.29) is 38.2 Å². The summed E-state index contributed by atoms with van der Waals surface area (Å²) in [5, 5.41) is 20.9. The van der Waals surface area contributed by atoms with E-state index < -0.39 is 10.4 Å². The van der Waals surface area contributed by atoms with Crippen molar-refractivity contribution in [3.8, 4) is 17.1 Å². The number of hydrogen-bond acceptors (Lipinski definition) is 5. The van der Waals surface area contributed by atoms with Gasteiger partial charge in [-0.2, -0.15) is 0 Å². The van der Waals surface area contributed by atoms with E-state index in [1.165, 1.54) is 36.4 Å². The quantitative estimate of drug-likeness (QED) is 0.552. The van der Waals surface area contributed by atoms with E-state index in [1.807, 2.05) is 0 Å².